The van der Waals surface area contributed by atoms with Crippen LogP contribution in [0, 0.1) is 5.92 Å². The van der Waals surface area contributed by atoms with Crippen molar-refractivity contribution in [2.24, 2.45) is 5.92 Å². The zero-order valence-corrected chi connectivity index (χ0v) is 21.3. The van der Waals surface area contributed by atoms with Crippen molar-refractivity contribution in [2.45, 2.75) is 26.0 Å². The van der Waals surface area contributed by atoms with Crippen molar-refractivity contribution >= 4 is 23.4 Å². The summed E-state index contributed by atoms with van der Waals surface area (Å²) in [6.07, 6.45) is 4.09. The SMILES string of the molecule is COCC(=O)Nc1ccc2c(c1)C(=O)N(C)C[C@H](OC)[C@H](C)CN(C(=O)c1cnccn1)[C@H](C)CO2. The van der Waals surface area contributed by atoms with Gasteiger partial charge in [0.25, 0.3) is 11.8 Å². The molecule has 36 heavy (non-hydrogen) atoms. The molecule has 0 fully saturated rings. The standard InChI is InChI=1S/C25H33N5O6/c1-16-12-30(25(33)20-11-26-8-9-27-20)17(2)14-36-21-7-6-18(28-23(31)15-34-4)10-19(21)24(32)29(3)13-22(16)35-5/h6-11,16-17,22H,12-15H2,1-5H3,(H,28,31)/t16-,17-,22+/m1/s1. The topological polar surface area (TPSA) is 123 Å². The number of carbonyl (C=O) groups is 3. The summed E-state index contributed by atoms with van der Waals surface area (Å²) >= 11 is 0. The highest BCUT2D eigenvalue weighted by Crippen LogP contribution is 2.26. The maximum Gasteiger partial charge on any atom is 0.274 e. The molecule has 0 radical (unpaired) electrons. The van der Waals surface area contributed by atoms with Gasteiger partial charge in [-0.2, -0.15) is 0 Å². The minimum Gasteiger partial charge on any atom is -0.491 e. The summed E-state index contributed by atoms with van der Waals surface area (Å²) in [4.78, 5) is 50.2. The molecule has 11 heteroatoms. The van der Waals surface area contributed by atoms with Crippen molar-refractivity contribution < 1.29 is 28.6 Å². The van der Waals surface area contributed by atoms with Gasteiger partial charge in [0, 0.05) is 58.4 Å². The van der Waals surface area contributed by atoms with E-state index in [1.54, 1.807) is 42.2 Å². The van der Waals surface area contributed by atoms with E-state index in [1.807, 2.05) is 13.8 Å². The van der Waals surface area contributed by atoms with E-state index in [-0.39, 0.29) is 66.8 Å². The fourth-order valence-corrected chi connectivity index (χ4v) is 4.02. The Morgan fingerprint density at radius 1 is 1.19 bits per heavy atom. The zero-order chi connectivity index (χ0) is 26.2. The van der Waals surface area contributed by atoms with Crippen LogP contribution in [0.4, 0.5) is 5.69 Å². The molecule has 3 rings (SSSR count). The van der Waals surface area contributed by atoms with E-state index in [0.717, 1.165) is 0 Å². The molecular formula is C25H33N5O6. The first kappa shape index (κ1) is 27.0. The van der Waals surface area contributed by atoms with Crippen LogP contribution < -0.4 is 10.1 Å². The van der Waals surface area contributed by atoms with Crippen LogP contribution in [0.25, 0.3) is 0 Å². The molecule has 0 bridgehead atoms. The molecule has 3 atom stereocenters. The molecule has 0 spiro atoms. The Morgan fingerprint density at radius 3 is 2.64 bits per heavy atom. The average Bonchev–Trinajstić information content (AvgIpc) is 2.88. The van der Waals surface area contributed by atoms with Gasteiger partial charge >= 0.3 is 0 Å². The van der Waals surface area contributed by atoms with E-state index in [0.29, 0.717) is 18.0 Å². The Labute approximate surface area is 210 Å². The number of fused-ring (bicyclic) bond motifs is 1. The average molecular weight is 500 g/mol. The summed E-state index contributed by atoms with van der Waals surface area (Å²) in [5.74, 6) is -0.640. The monoisotopic (exact) mass is 499 g/mol. The van der Waals surface area contributed by atoms with Crippen LogP contribution in [0.2, 0.25) is 0 Å². The number of likely N-dealkylation sites (N-methyl/N-ethyl adjacent to an activating group) is 1. The van der Waals surface area contributed by atoms with Gasteiger partial charge < -0.3 is 29.3 Å². The van der Waals surface area contributed by atoms with Gasteiger partial charge in [-0.1, -0.05) is 6.92 Å². The summed E-state index contributed by atoms with van der Waals surface area (Å²) in [6, 6.07) is 4.51. The molecule has 1 aromatic heterocycles. The number of ether oxygens (including phenoxy) is 3. The molecule has 2 aromatic rings. The molecule has 2 heterocycles. The highest BCUT2D eigenvalue weighted by molar-refractivity contribution is 5.99. The lowest BCUT2D eigenvalue weighted by Gasteiger charge is -2.35. The predicted molar refractivity (Wildman–Crippen MR) is 132 cm³/mol. The van der Waals surface area contributed by atoms with Crippen molar-refractivity contribution in [3.63, 3.8) is 0 Å². The van der Waals surface area contributed by atoms with E-state index < -0.39 is 0 Å². The Bertz CT molecular complexity index is 1070. The van der Waals surface area contributed by atoms with E-state index in [1.165, 1.54) is 25.7 Å². The largest absolute Gasteiger partial charge is 0.491 e. The third kappa shape index (κ3) is 6.55. The van der Waals surface area contributed by atoms with E-state index >= 15 is 0 Å². The van der Waals surface area contributed by atoms with Crippen molar-refractivity contribution in [3.05, 3.63) is 48.0 Å². The second kappa shape index (κ2) is 12.4. The fourth-order valence-electron chi connectivity index (χ4n) is 4.02. The summed E-state index contributed by atoms with van der Waals surface area (Å²) in [6.45, 7) is 4.54. The van der Waals surface area contributed by atoms with Gasteiger partial charge in [-0.15, -0.1) is 0 Å². The number of nitrogens with zero attached hydrogens (tertiary/aromatic N) is 4. The third-order valence-electron chi connectivity index (χ3n) is 6.05. The summed E-state index contributed by atoms with van der Waals surface area (Å²) in [5, 5.41) is 2.71. The summed E-state index contributed by atoms with van der Waals surface area (Å²) < 4.78 is 16.6. The number of benzene rings is 1. The van der Waals surface area contributed by atoms with E-state index in [4.69, 9.17) is 14.2 Å². The van der Waals surface area contributed by atoms with Crippen molar-refractivity contribution in [3.8, 4) is 5.75 Å². The Hall–Kier alpha value is -3.57. The maximum atomic E-state index is 13.4. The van der Waals surface area contributed by atoms with Crippen LogP contribution in [-0.4, -0.2) is 97.2 Å². The highest BCUT2D eigenvalue weighted by Gasteiger charge is 2.31. The highest BCUT2D eigenvalue weighted by atomic mass is 16.5. The van der Waals surface area contributed by atoms with Crippen molar-refractivity contribution in [1.29, 1.82) is 0 Å². The fraction of sp³-hybridized carbons (Fsp3) is 0.480. The lowest BCUT2D eigenvalue weighted by atomic mass is 10.0. The van der Waals surface area contributed by atoms with Crippen LogP contribution in [0.5, 0.6) is 5.75 Å². The van der Waals surface area contributed by atoms with Gasteiger partial charge in [0.15, 0.2) is 0 Å². The maximum absolute atomic E-state index is 13.4. The lowest BCUT2D eigenvalue weighted by molar-refractivity contribution is -0.119. The van der Waals surface area contributed by atoms with E-state index in [2.05, 4.69) is 15.3 Å². The molecule has 0 aliphatic carbocycles. The smallest absolute Gasteiger partial charge is 0.274 e. The first-order valence-electron chi connectivity index (χ1n) is 11.7. The second-order valence-electron chi connectivity index (χ2n) is 8.84. The van der Waals surface area contributed by atoms with Crippen molar-refractivity contribution in [2.75, 3.05) is 52.9 Å². The van der Waals surface area contributed by atoms with Crippen LogP contribution >= 0.6 is 0 Å². The van der Waals surface area contributed by atoms with Gasteiger partial charge in [-0.3, -0.25) is 19.4 Å². The van der Waals surface area contributed by atoms with Gasteiger partial charge in [0.1, 0.15) is 24.7 Å². The van der Waals surface area contributed by atoms with Crippen LogP contribution in [0.1, 0.15) is 34.7 Å². The number of rotatable bonds is 5. The summed E-state index contributed by atoms with van der Waals surface area (Å²) in [5.41, 5.74) is 0.967. The van der Waals surface area contributed by atoms with Gasteiger partial charge in [-0.05, 0) is 25.1 Å². The Kier molecular flexibility index (Phi) is 9.31. The minimum atomic E-state index is -0.347. The van der Waals surface area contributed by atoms with Crippen molar-refractivity contribution in [1.82, 2.24) is 19.8 Å². The molecule has 194 valence electrons. The van der Waals surface area contributed by atoms with E-state index in [9.17, 15) is 14.4 Å². The number of aromatic nitrogens is 2. The first-order chi connectivity index (χ1) is 17.2. The summed E-state index contributed by atoms with van der Waals surface area (Å²) in [7, 11) is 4.69. The Balaban J connectivity index is 1.96. The van der Waals surface area contributed by atoms with Gasteiger partial charge in [0.2, 0.25) is 5.91 Å². The molecule has 11 nitrogen and oxygen atoms in total. The number of hydrogen-bond acceptors (Lipinski definition) is 8. The number of nitrogens with one attached hydrogen (secondary N) is 1. The first-order valence-corrected chi connectivity index (χ1v) is 11.7. The quantitative estimate of drug-likeness (QED) is 0.660. The molecule has 1 aliphatic heterocycles. The molecule has 1 N–H and O–H groups in total. The van der Waals surface area contributed by atoms with Gasteiger partial charge in [-0.25, -0.2) is 4.98 Å². The lowest BCUT2D eigenvalue weighted by Crippen LogP contribution is -2.48. The number of methoxy groups -OCH3 is 2. The normalized spacial score (nSPS) is 21.0. The van der Waals surface area contributed by atoms with Gasteiger partial charge in [0.05, 0.1) is 23.9 Å². The molecule has 1 aromatic carbocycles. The number of amides is 3. The second-order valence-corrected chi connectivity index (χ2v) is 8.84. The third-order valence-corrected chi connectivity index (χ3v) is 6.05. The predicted octanol–water partition coefficient (Wildman–Crippen LogP) is 1.71. The number of anilines is 1. The van der Waals surface area contributed by atoms with Crippen LogP contribution in [0.3, 0.4) is 0 Å². The number of hydrogen-bond donors (Lipinski definition) is 1. The molecular weight excluding hydrogens is 466 g/mol. The van der Waals surface area contributed by atoms with Crippen LogP contribution in [-0.2, 0) is 14.3 Å². The molecule has 0 saturated carbocycles. The molecule has 1 aliphatic rings. The number of carbonyl (C=O) groups excluding carboxylic acids is 3. The molecule has 0 unspecified atom stereocenters. The molecule has 3 amide bonds. The minimum absolute atomic E-state index is 0.105. The Morgan fingerprint density at radius 2 is 1.97 bits per heavy atom. The zero-order valence-electron chi connectivity index (χ0n) is 21.3. The molecule has 0 saturated heterocycles. The van der Waals surface area contributed by atoms with Crippen LogP contribution in [0.15, 0.2) is 36.8 Å².